The topological polar surface area (TPSA) is 120 Å². The van der Waals surface area contributed by atoms with Gasteiger partial charge in [0.25, 0.3) is 11.4 Å². The minimum absolute atomic E-state index is 0.0535. The Morgan fingerprint density at radius 2 is 1.43 bits per heavy atom. The van der Waals surface area contributed by atoms with E-state index in [1.54, 1.807) is 30.3 Å². The summed E-state index contributed by atoms with van der Waals surface area (Å²) in [5, 5.41) is 22.3. The summed E-state index contributed by atoms with van der Waals surface area (Å²) in [6.07, 6.45) is 2.93. The van der Waals surface area contributed by atoms with Gasteiger partial charge in [-0.2, -0.15) is 0 Å². The van der Waals surface area contributed by atoms with Crippen LogP contribution < -0.4 is 0 Å². The number of hydrogen-bond acceptors (Lipinski definition) is 7. The van der Waals surface area contributed by atoms with Crippen molar-refractivity contribution in [3.8, 4) is 0 Å². The van der Waals surface area contributed by atoms with E-state index in [-0.39, 0.29) is 16.5 Å². The van der Waals surface area contributed by atoms with Crippen molar-refractivity contribution in [1.82, 2.24) is 0 Å². The number of nitrogens with zero attached hydrogens (tertiary/aromatic N) is 2. The number of rotatable bonds is 5. The van der Waals surface area contributed by atoms with Crippen LogP contribution in [-0.4, -0.2) is 21.2 Å². The number of hydrogen-bond donors (Lipinski definition) is 0. The van der Waals surface area contributed by atoms with Gasteiger partial charge in [0, 0.05) is 41.0 Å². The molecule has 0 N–H and O–H groups in total. The number of non-ortho nitro benzene ring substituents is 2. The maximum absolute atomic E-state index is 14.0. The summed E-state index contributed by atoms with van der Waals surface area (Å²) >= 11 is 1.12. The zero-order valence-corrected chi connectivity index (χ0v) is 19.0. The van der Waals surface area contributed by atoms with Gasteiger partial charge < -0.3 is 0 Å². The number of aldehydes is 1. The summed E-state index contributed by atoms with van der Waals surface area (Å²) in [5.41, 5.74) is 1.27. The van der Waals surface area contributed by atoms with E-state index in [9.17, 15) is 29.8 Å². The SMILES string of the molecule is O=CC1=CC[C@@H](c2ccc([N+](=O)[O-])cc2)[C@@]2(C(=O)Sc3ccccc32)[C@@H]1c1ccc([N+](=O)[O-])cc1. The largest absolute Gasteiger partial charge is 0.298 e. The van der Waals surface area contributed by atoms with E-state index in [1.807, 2.05) is 24.3 Å². The lowest BCUT2D eigenvalue weighted by atomic mass is 9.54. The van der Waals surface area contributed by atoms with E-state index in [0.717, 1.165) is 34.1 Å². The molecule has 1 aliphatic heterocycles. The third-order valence-corrected chi connectivity index (χ3v) is 7.98. The number of thioether (sulfide) groups is 1. The molecule has 0 saturated heterocycles. The molecule has 9 heteroatoms. The highest BCUT2D eigenvalue weighted by Crippen LogP contribution is 2.63. The molecule has 0 saturated carbocycles. The first-order valence-corrected chi connectivity index (χ1v) is 11.6. The van der Waals surface area contributed by atoms with Gasteiger partial charge in [-0.1, -0.05) is 60.3 Å². The van der Waals surface area contributed by atoms with Crippen LogP contribution in [0, 0.1) is 20.2 Å². The van der Waals surface area contributed by atoms with Crippen LogP contribution in [0.25, 0.3) is 0 Å². The Morgan fingerprint density at radius 3 is 2.00 bits per heavy atom. The highest BCUT2D eigenvalue weighted by molar-refractivity contribution is 8.14. The highest BCUT2D eigenvalue weighted by atomic mass is 32.2. The Labute approximate surface area is 204 Å². The third-order valence-electron chi connectivity index (χ3n) is 6.88. The molecule has 5 rings (SSSR count). The number of carbonyl (C=O) groups is 2. The number of allylic oxidation sites excluding steroid dienone is 2. The molecule has 174 valence electrons. The van der Waals surface area contributed by atoms with Gasteiger partial charge in [0.15, 0.2) is 0 Å². The van der Waals surface area contributed by atoms with Crippen LogP contribution in [-0.2, 0) is 15.0 Å². The maximum Gasteiger partial charge on any atom is 0.269 e. The van der Waals surface area contributed by atoms with Crippen LogP contribution in [0.2, 0.25) is 0 Å². The van der Waals surface area contributed by atoms with Gasteiger partial charge in [0.1, 0.15) is 6.29 Å². The Morgan fingerprint density at radius 1 is 0.857 bits per heavy atom. The standard InChI is InChI=1S/C26H18N2O6S/c29-15-18-9-14-21(16-5-10-19(11-6-16)27(31)32)26(22-3-1-2-4-23(22)35-25(26)30)24(18)17-7-12-20(13-8-17)28(33)34/h1-13,15,21,24H,14H2/t21-,24+,26-/m0/s1. The summed E-state index contributed by atoms with van der Waals surface area (Å²) in [5.74, 6) is -1.09. The molecular formula is C26H18N2O6S. The van der Waals surface area contributed by atoms with Crippen LogP contribution in [0.1, 0.15) is 34.9 Å². The zero-order chi connectivity index (χ0) is 24.7. The molecule has 1 spiro atoms. The number of fused-ring (bicyclic) bond motifs is 2. The van der Waals surface area contributed by atoms with E-state index in [4.69, 9.17) is 0 Å². The second kappa shape index (κ2) is 8.59. The maximum atomic E-state index is 14.0. The second-order valence-corrected chi connectivity index (χ2v) is 9.51. The fourth-order valence-corrected chi connectivity index (χ4v) is 6.64. The molecule has 35 heavy (non-hydrogen) atoms. The van der Waals surface area contributed by atoms with Gasteiger partial charge in [0.2, 0.25) is 5.12 Å². The first kappa shape index (κ1) is 22.7. The lowest BCUT2D eigenvalue weighted by Crippen LogP contribution is -2.46. The van der Waals surface area contributed by atoms with Crippen LogP contribution in [0.4, 0.5) is 11.4 Å². The Hall–Kier alpha value is -4.11. The molecule has 0 radical (unpaired) electrons. The summed E-state index contributed by atoms with van der Waals surface area (Å²) < 4.78 is 0. The van der Waals surface area contributed by atoms with Gasteiger partial charge in [-0.25, -0.2) is 0 Å². The van der Waals surface area contributed by atoms with Gasteiger partial charge in [0.05, 0.1) is 15.3 Å². The van der Waals surface area contributed by atoms with E-state index < -0.39 is 27.1 Å². The molecule has 3 aromatic carbocycles. The molecule has 8 nitrogen and oxygen atoms in total. The molecule has 0 unspecified atom stereocenters. The van der Waals surface area contributed by atoms with Gasteiger partial charge in [-0.3, -0.25) is 29.8 Å². The number of nitro groups is 2. The van der Waals surface area contributed by atoms with E-state index in [1.165, 1.54) is 24.3 Å². The van der Waals surface area contributed by atoms with Crippen molar-refractivity contribution in [1.29, 1.82) is 0 Å². The second-order valence-electron chi connectivity index (χ2n) is 8.50. The lowest BCUT2D eigenvalue weighted by molar-refractivity contribution is -0.385. The van der Waals surface area contributed by atoms with Gasteiger partial charge >= 0.3 is 0 Å². The summed E-state index contributed by atoms with van der Waals surface area (Å²) in [7, 11) is 0. The molecule has 3 aromatic rings. The van der Waals surface area contributed by atoms with Gasteiger partial charge in [-0.15, -0.1) is 0 Å². The predicted octanol–water partition coefficient (Wildman–Crippen LogP) is 5.47. The normalized spacial score (nSPS) is 23.0. The van der Waals surface area contributed by atoms with Crippen molar-refractivity contribution in [2.45, 2.75) is 28.6 Å². The lowest BCUT2D eigenvalue weighted by Gasteiger charge is -2.46. The molecule has 0 aromatic heterocycles. The van der Waals surface area contributed by atoms with Crippen molar-refractivity contribution < 1.29 is 19.4 Å². The number of carbonyl (C=O) groups excluding carboxylic acids is 2. The predicted molar refractivity (Wildman–Crippen MR) is 129 cm³/mol. The summed E-state index contributed by atoms with van der Waals surface area (Å²) in [6.45, 7) is 0. The molecule has 2 aliphatic rings. The summed E-state index contributed by atoms with van der Waals surface area (Å²) in [6, 6.07) is 19.5. The van der Waals surface area contributed by atoms with E-state index >= 15 is 0 Å². The molecule has 0 fully saturated rings. The van der Waals surface area contributed by atoms with Crippen LogP contribution in [0.5, 0.6) is 0 Å². The van der Waals surface area contributed by atoms with Crippen molar-refractivity contribution in [2.24, 2.45) is 0 Å². The zero-order valence-electron chi connectivity index (χ0n) is 18.2. The smallest absolute Gasteiger partial charge is 0.269 e. The number of benzene rings is 3. The molecule has 0 bridgehead atoms. The van der Waals surface area contributed by atoms with Crippen molar-refractivity contribution in [3.05, 3.63) is 121 Å². The first-order chi connectivity index (χ1) is 16.9. The van der Waals surface area contributed by atoms with E-state index in [0.29, 0.717) is 17.6 Å². The molecular weight excluding hydrogens is 468 g/mol. The Kier molecular flexibility index (Phi) is 5.56. The van der Waals surface area contributed by atoms with Crippen LogP contribution in [0.3, 0.4) is 0 Å². The minimum atomic E-state index is -1.17. The van der Waals surface area contributed by atoms with Crippen LogP contribution >= 0.6 is 11.8 Å². The first-order valence-electron chi connectivity index (χ1n) is 10.8. The monoisotopic (exact) mass is 486 g/mol. The average Bonchev–Trinajstić information content (AvgIpc) is 3.15. The number of nitro benzene ring substituents is 2. The van der Waals surface area contributed by atoms with Crippen molar-refractivity contribution in [3.63, 3.8) is 0 Å². The summed E-state index contributed by atoms with van der Waals surface area (Å²) in [4.78, 5) is 48.5. The van der Waals surface area contributed by atoms with E-state index in [2.05, 4.69) is 0 Å². The third kappa shape index (κ3) is 3.47. The fourth-order valence-electron chi connectivity index (χ4n) is 5.40. The molecule has 1 aliphatic carbocycles. The van der Waals surface area contributed by atoms with Crippen molar-refractivity contribution >= 4 is 34.5 Å². The Bertz CT molecular complexity index is 1400. The van der Waals surface area contributed by atoms with Gasteiger partial charge in [-0.05, 0) is 34.8 Å². The Balaban J connectivity index is 1.77. The molecule has 3 atom stereocenters. The highest BCUT2D eigenvalue weighted by Gasteiger charge is 2.60. The quantitative estimate of drug-likeness (QED) is 0.266. The molecule has 1 heterocycles. The van der Waals surface area contributed by atoms with Crippen LogP contribution in [0.15, 0.2) is 89.3 Å². The van der Waals surface area contributed by atoms with Crippen molar-refractivity contribution in [2.75, 3.05) is 0 Å². The molecule has 0 amide bonds. The fraction of sp³-hybridized carbons (Fsp3) is 0.154. The minimum Gasteiger partial charge on any atom is -0.298 e. The average molecular weight is 487 g/mol.